The number of imidazole rings is 1. The smallest absolute Gasteiger partial charge is 0.251 e. The van der Waals surface area contributed by atoms with Crippen molar-refractivity contribution in [2.45, 2.75) is 32.2 Å². The molecule has 2 aliphatic rings. The fourth-order valence-corrected chi connectivity index (χ4v) is 4.41. The highest BCUT2D eigenvalue weighted by atomic mass is 16.2. The Balaban J connectivity index is 1.16. The number of amides is 2. The van der Waals surface area contributed by atoms with Gasteiger partial charge in [0.2, 0.25) is 5.91 Å². The quantitative estimate of drug-likeness (QED) is 0.759. The maximum absolute atomic E-state index is 12.5. The summed E-state index contributed by atoms with van der Waals surface area (Å²) < 4.78 is 2.00. The Morgan fingerprint density at radius 2 is 1.77 bits per heavy atom. The van der Waals surface area contributed by atoms with Crippen LogP contribution in [0.15, 0.2) is 43.0 Å². The normalized spacial score (nSPS) is 17.9. The Bertz CT molecular complexity index is 820. The highest BCUT2D eigenvalue weighted by Crippen LogP contribution is 2.26. The predicted molar refractivity (Wildman–Crippen MR) is 115 cm³/mol. The van der Waals surface area contributed by atoms with Crippen molar-refractivity contribution in [1.82, 2.24) is 24.7 Å². The Kier molecular flexibility index (Phi) is 6.79. The van der Waals surface area contributed by atoms with Crippen molar-refractivity contribution in [3.63, 3.8) is 0 Å². The molecule has 160 valence electrons. The summed E-state index contributed by atoms with van der Waals surface area (Å²) in [5, 5.41) is 3.01. The first kappa shape index (κ1) is 20.6. The van der Waals surface area contributed by atoms with E-state index in [1.165, 1.54) is 12.8 Å². The van der Waals surface area contributed by atoms with E-state index in [-0.39, 0.29) is 11.8 Å². The van der Waals surface area contributed by atoms with Gasteiger partial charge in [-0.05, 0) is 30.5 Å². The molecule has 1 aromatic heterocycles. The molecule has 1 N–H and O–H groups in total. The lowest BCUT2D eigenvalue weighted by Crippen LogP contribution is -2.51. The largest absolute Gasteiger partial charge is 0.351 e. The average Bonchev–Trinajstić information content (AvgIpc) is 3.49. The van der Waals surface area contributed by atoms with Crippen LogP contribution in [-0.4, -0.2) is 70.4 Å². The van der Waals surface area contributed by atoms with E-state index in [4.69, 9.17) is 0 Å². The predicted octanol–water partition coefficient (Wildman–Crippen LogP) is 2.00. The maximum atomic E-state index is 12.5. The lowest BCUT2D eigenvalue weighted by atomic mass is 10.1. The minimum Gasteiger partial charge on any atom is -0.351 e. The summed E-state index contributed by atoms with van der Waals surface area (Å²) in [5.74, 6) is 0.582. The van der Waals surface area contributed by atoms with Gasteiger partial charge in [0.05, 0.1) is 6.33 Å². The molecule has 7 nitrogen and oxygen atoms in total. The molecule has 2 amide bonds. The third-order valence-corrected chi connectivity index (χ3v) is 6.24. The van der Waals surface area contributed by atoms with Crippen molar-refractivity contribution in [1.29, 1.82) is 0 Å². The molecule has 7 heteroatoms. The third kappa shape index (κ3) is 5.27. The van der Waals surface area contributed by atoms with Crippen LogP contribution >= 0.6 is 0 Å². The van der Waals surface area contributed by atoms with Gasteiger partial charge in [0.1, 0.15) is 0 Å². The van der Waals surface area contributed by atoms with Crippen LogP contribution in [0.2, 0.25) is 0 Å². The molecule has 0 bridgehead atoms. The van der Waals surface area contributed by atoms with Crippen molar-refractivity contribution in [2.24, 2.45) is 5.92 Å². The maximum Gasteiger partial charge on any atom is 0.251 e. The first-order valence-electron chi connectivity index (χ1n) is 11.0. The van der Waals surface area contributed by atoms with Gasteiger partial charge in [-0.25, -0.2) is 4.98 Å². The minimum absolute atomic E-state index is 0.0424. The first-order valence-corrected chi connectivity index (χ1v) is 11.0. The summed E-state index contributed by atoms with van der Waals surface area (Å²) in [5.41, 5.74) is 1.81. The van der Waals surface area contributed by atoms with E-state index in [2.05, 4.69) is 15.2 Å². The van der Waals surface area contributed by atoms with Crippen molar-refractivity contribution >= 4 is 11.8 Å². The van der Waals surface area contributed by atoms with E-state index in [0.717, 1.165) is 57.7 Å². The zero-order valence-corrected chi connectivity index (χ0v) is 17.5. The SMILES string of the molecule is O=C(NCCN1CCN(C(=O)C2CCCC2)CC1)c1ccc(Cn2ccnc2)cc1. The Hall–Kier alpha value is -2.67. The summed E-state index contributed by atoms with van der Waals surface area (Å²) in [7, 11) is 0. The van der Waals surface area contributed by atoms with Gasteiger partial charge >= 0.3 is 0 Å². The molecule has 0 spiro atoms. The molecule has 0 atom stereocenters. The number of nitrogens with zero attached hydrogens (tertiary/aromatic N) is 4. The highest BCUT2D eigenvalue weighted by molar-refractivity contribution is 5.94. The van der Waals surface area contributed by atoms with Gasteiger partial charge in [-0.1, -0.05) is 25.0 Å². The van der Waals surface area contributed by atoms with Crippen LogP contribution in [0.5, 0.6) is 0 Å². The zero-order chi connectivity index (χ0) is 20.8. The number of carbonyl (C=O) groups excluding carboxylic acids is 2. The van der Waals surface area contributed by atoms with E-state index in [1.54, 1.807) is 12.5 Å². The standard InChI is InChI=1S/C23H31N5O2/c29-22(20-7-5-19(6-8-20)17-27-11-9-24-18-27)25-10-12-26-13-15-28(16-14-26)23(30)21-3-1-2-4-21/h5-9,11,18,21H,1-4,10,12-17H2,(H,25,29). The van der Waals surface area contributed by atoms with Crippen LogP contribution in [0, 0.1) is 5.92 Å². The molecule has 1 saturated carbocycles. The molecule has 0 unspecified atom stereocenters. The molecule has 1 aliphatic heterocycles. The monoisotopic (exact) mass is 409 g/mol. The average molecular weight is 410 g/mol. The summed E-state index contributed by atoms with van der Waals surface area (Å²) >= 11 is 0. The van der Waals surface area contributed by atoms with Gasteiger partial charge in [-0.15, -0.1) is 0 Å². The number of carbonyl (C=O) groups is 2. The van der Waals surface area contributed by atoms with Crippen LogP contribution in [-0.2, 0) is 11.3 Å². The van der Waals surface area contributed by atoms with Crippen LogP contribution < -0.4 is 5.32 Å². The molecular formula is C23H31N5O2. The van der Waals surface area contributed by atoms with E-state index in [0.29, 0.717) is 18.0 Å². The lowest BCUT2D eigenvalue weighted by molar-refractivity contribution is -0.137. The van der Waals surface area contributed by atoms with E-state index in [1.807, 2.05) is 39.9 Å². The van der Waals surface area contributed by atoms with Gasteiger partial charge in [-0.2, -0.15) is 0 Å². The first-order chi connectivity index (χ1) is 14.7. The highest BCUT2D eigenvalue weighted by Gasteiger charge is 2.29. The van der Waals surface area contributed by atoms with Crippen molar-refractivity contribution < 1.29 is 9.59 Å². The molecular weight excluding hydrogens is 378 g/mol. The molecule has 2 heterocycles. The number of benzene rings is 1. The molecule has 1 aliphatic carbocycles. The summed E-state index contributed by atoms with van der Waals surface area (Å²) in [4.78, 5) is 33.3. The fourth-order valence-electron chi connectivity index (χ4n) is 4.41. The summed E-state index contributed by atoms with van der Waals surface area (Å²) in [6.45, 7) is 5.57. The Morgan fingerprint density at radius 3 is 2.43 bits per heavy atom. The van der Waals surface area contributed by atoms with Gasteiger partial charge < -0.3 is 14.8 Å². The van der Waals surface area contributed by atoms with E-state index >= 15 is 0 Å². The van der Waals surface area contributed by atoms with Gasteiger partial charge in [0.25, 0.3) is 5.91 Å². The number of hydrogen-bond acceptors (Lipinski definition) is 4. The number of hydrogen-bond donors (Lipinski definition) is 1. The molecule has 1 saturated heterocycles. The van der Waals surface area contributed by atoms with Crippen LogP contribution in [0.3, 0.4) is 0 Å². The molecule has 2 fully saturated rings. The third-order valence-electron chi connectivity index (χ3n) is 6.24. The second-order valence-corrected chi connectivity index (χ2v) is 8.34. The summed E-state index contributed by atoms with van der Waals surface area (Å²) in [6.07, 6.45) is 9.99. The number of aromatic nitrogens is 2. The zero-order valence-electron chi connectivity index (χ0n) is 17.5. The number of nitrogens with one attached hydrogen (secondary N) is 1. The van der Waals surface area contributed by atoms with Crippen molar-refractivity contribution in [2.75, 3.05) is 39.3 Å². The fraction of sp³-hybridized carbons (Fsp3) is 0.522. The van der Waals surface area contributed by atoms with Crippen LogP contribution in [0.25, 0.3) is 0 Å². The summed E-state index contributed by atoms with van der Waals surface area (Å²) in [6, 6.07) is 7.70. The van der Waals surface area contributed by atoms with E-state index in [9.17, 15) is 9.59 Å². The molecule has 0 radical (unpaired) electrons. The van der Waals surface area contributed by atoms with Gasteiger partial charge in [-0.3, -0.25) is 14.5 Å². The second kappa shape index (κ2) is 9.89. The lowest BCUT2D eigenvalue weighted by Gasteiger charge is -2.36. The molecule has 4 rings (SSSR count). The van der Waals surface area contributed by atoms with Crippen molar-refractivity contribution in [3.05, 3.63) is 54.1 Å². The van der Waals surface area contributed by atoms with Crippen molar-refractivity contribution in [3.8, 4) is 0 Å². The van der Waals surface area contributed by atoms with E-state index < -0.39 is 0 Å². The Morgan fingerprint density at radius 1 is 1.03 bits per heavy atom. The van der Waals surface area contributed by atoms with Crippen LogP contribution in [0.1, 0.15) is 41.6 Å². The number of rotatable bonds is 7. The second-order valence-electron chi connectivity index (χ2n) is 8.34. The molecule has 30 heavy (non-hydrogen) atoms. The van der Waals surface area contributed by atoms with Crippen LogP contribution in [0.4, 0.5) is 0 Å². The molecule has 2 aromatic rings. The minimum atomic E-state index is -0.0424. The Labute approximate surface area is 178 Å². The van der Waals surface area contributed by atoms with Gasteiger partial charge in [0, 0.05) is 69.7 Å². The van der Waals surface area contributed by atoms with Gasteiger partial charge in [0.15, 0.2) is 0 Å². The topological polar surface area (TPSA) is 70.5 Å². The number of piperazine rings is 1. The molecule has 1 aromatic carbocycles.